The highest BCUT2D eigenvalue weighted by atomic mass is 15.3. The van der Waals surface area contributed by atoms with Crippen LogP contribution in [0.2, 0.25) is 0 Å². The number of imidazole rings is 1. The number of rotatable bonds is 4. The van der Waals surface area contributed by atoms with Crippen molar-refractivity contribution in [1.29, 1.82) is 0 Å². The molecule has 1 aromatic rings. The molecule has 2 rings (SSSR count). The van der Waals surface area contributed by atoms with Crippen LogP contribution in [0.25, 0.3) is 0 Å². The summed E-state index contributed by atoms with van der Waals surface area (Å²) in [6, 6.07) is 0.478. The number of anilines is 1. The van der Waals surface area contributed by atoms with Crippen LogP contribution in [0.5, 0.6) is 0 Å². The van der Waals surface area contributed by atoms with E-state index < -0.39 is 0 Å². The number of nitrogens with zero attached hydrogens (tertiary/aromatic N) is 3. The normalized spacial score (nSPS) is 21.4. The molecule has 0 amide bonds. The van der Waals surface area contributed by atoms with E-state index in [4.69, 9.17) is 5.73 Å². The fourth-order valence-corrected chi connectivity index (χ4v) is 2.48. The molecule has 0 spiro atoms. The SMILES string of the molecule is CCCn1ccnc1N1CCCCC1CN. The van der Waals surface area contributed by atoms with Crippen LogP contribution in [0, 0.1) is 0 Å². The Morgan fingerprint density at radius 3 is 3.12 bits per heavy atom. The number of aromatic nitrogens is 2. The topological polar surface area (TPSA) is 47.1 Å². The summed E-state index contributed by atoms with van der Waals surface area (Å²) in [5, 5.41) is 0. The minimum Gasteiger partial charge on any atom is -0.338 e. The van der Waals surface area contributed by atoms with Crippen molar-refractivity contribution < 1.29 is 0 Å². The second kappa shape index (κ2) is 5.34. The van der Waals surface area contributed by atoms with Crippen molar-refractivity contribution in [3.05, 3.63) is 12.4 Å². The van der Waals surface area contributed by atoms with Gasteiger partial charge in [-0.3, -0.25) is 0 Å². The molecule has 0 aliphatic carbocycles. The third-order valence-corrected chi connectivity index (χ3v) is 3.31. The molecule has 0 bridgehead atoms. The van der Waals surface area contributed by atoms with E-state index in [1.165, 1.54) is 19.3 Å². The quantitative estimate of drug-likeness (QED) is 0.842. The van der Waals surface area contributed by atoms with Crippen LogP contribution in [-0.2, 0) is 6.54 Å². The predicted octanol–water partition coefficient (Wildman–Crippen LogP) is 1.61. The highest BCUT2D eigenvalue weighted by molar-refractivity contribution is 5.34. The van der Waals surface area contributed by atoms with E-state index in [1.54, 1.807) is 0 Å². The van der Waals surface area contributed by atoms with Crippen LogP contribution in [0.1, 0.15) is 32.6 Å². The van der Waals surface area contributed by atoms with Crippen molar-refractivity contribution in [3.8, 4) is 0 Å². The van der Waals surface area contributed by atoms with Gasteiger partial charge < -0.3 is 15.2 Å². The Hall–Kier alpha value is -1.03. The Balaban J connectivity index is 2.16. The minimum absolute atomic E-state index is 0.478. The maximum absolute atomic E-state index is 5.85. The second-order valence-corrected chi connectivity index (χ2v) is 4.50. The van der Waals surface area contributed by atoms with Gasteiger partial charge in [0.15, 0.2) is 0 Å². The standard InChI is InChI=1S/C12H22N4/c1-2-7-15-9-6-14-12(15)16-8-4-3-5-11(16)10-13/h6,9,11H,2-5,7-8,10,13H2,1H3. The molecule has 1 aromatic heterocycles. The molecule has 1 atom stereocenters. The van der Waals surface area contributed by atoms with Crippen molar-refractivity contribution in [3.63, 3.8) is 0 Å². The number of hydrogen-bond acceptors (Lipinski definition) is 3. The van der Waals surface area contributed by atoms with Crippen LogP contribution >= 0.6 is 0 Å². The monoisotopic (exact) mass is 222 g/mol. The van der Waals surface area contributed by atoms with E-state index >= 15 is 0 Å². The van der Waals surface area contributed by atoms with Gasteiger partial charge in [0.05, 0.1) is 0 Å². The third kappa shape index (κ3) is 2.21. The largest absolute Gasteiger partial charge is 0.338 e. The molecule has 1 unspecified atom stereocenters. The van der Waals surface area contributed by atoms with E-state index in [1.807, 2.05) is 6.20 Å². The Morgan fingerprint density at radius 1 is 1.50 bits per heavy atom. The van der Waals surface area contributed by atoms with Gasteiger partial charge in [0.2, 0.25) is 5.95 Å². The zero-order chi connectivity index (χ0) is 11.4. The lowest BCUT2D eigenvalue weighted by atomic mass is 10.0. The van der Waals surface area contributed by atoms with Crippen LogP contribution in [0.3, 0.4) is 0 Å². The third-order valence-electron chi connectivity index (χ3n) is 3.31. The average molecular weight is 222 g/mol. The van der Waals surface area contributed by atoms with Crippen molar-refractivity contribution in [1.82, 2.24) is 9.55 Å². The van der Waals surface area contributed by atoms with E-state index in [0.717, 1.165) is 32.0 Å². The molecule has 4 heteroatoms. The molecule has 90 valence electrons. The van der Waals surface area contributed by atoms with Gasteiger partial charge in [-0.05, 0) is 25.7 Å². The Morgan fingerprint density at radius 2 is 2.38 bits per heavy atom. The smallest absolute Gasteiger partial charge is 0.205 e. The van der Waals surface area contributed by atoms with Crippen molar-refractivity contribution in [2.75, 3.05) is 18.0 Å². The van der Waals surface area contributed by atoms with Gasteiger partial charge in [-0.1, -0.05) is 6.92 Å². The number of aryl methyl sites for hydroxylation is 1. The molecule has 0 aromatic carbocycles. The van der Waals surface area contributed by atoms with E-state index in [0.29, 0.717) is 6.04 Å². The summed E-state index contributed by atoms with van der Waals surface area (Å²) in [5.74, 6) is 1.11. The molecule has 2 N–H and O–H groups in total. The van der Waals surface area contributed by atoms with Gasteiger partial charge in [-0.25, -0.2) is 4.98 Å². The first-order chi connectivity index (χ1) is 7.86. The van der Waals surface area contributed by atoms with Gasteiger partial charge in [0.25, 0.3) is 0 Å². The molecule has 4 nitrogen and oxygen atoms in total. The fraction of sp³-hybridized carbons (Fsp3) is 0.750. The van der Waals surface area contributed by atoms with Crippen molar-refractivity contribution >= 4 is 5.95 Å². The lowest BCUT2D eigenvalue weighted by molar-refractivity contribution is 0.450. The van der Waals surface area contributed by atoms with Gasteiger partial charge in [-0.15, -0.1) is 0 Å². The summed E-state index contributed by atoms with van der Waals surface area (Å²) in [4.78, 5) is 6.88. The maximum atomic E-state index is 5.85. The molecule has 16 heavy (non-hydrogen) atoms. The summed E-state index contributed by atoms with van der Waals surface area (Å²) < 4.78 is 2.24. The minimum atomic E-state index is 0.478. The Bertz CT molecular complexity index is 321. The summed E-state index contributed by atoms with van der Waals surface area (Å²) >= 11 is 0. The summed E-state index contributed by atoms with van der Waals surface area (Å²) in [6.07, 6.45) is 8.87. The van der Waals surface area contributed by atoms with Gasteiger partial charge in [-0.2, -0.15) is 0 Å². The molecule has 0 radical (unpaired) electrons. The molecule has 2 heterocycles. The zero-order valence-electron chi connectivity index (χ0n) is 10.1. The Labute approximate surface area is 97.4 Å². The lowest BCUT2D eigenvalue weighted by Gasteiger charge is -2.36. The zero-order valence-corrected chi connectivity index (χ0v) is 10.1. The average Bonchev–Trinajstić information content (AvgIpc) is 2.77. The first-order valence-electron chi connectivity index (χ1n) is 6.34. The van der Waals surface area contributed by atoms with Crippen LogP contribution in [-0.4, -0.2) is 28.7 Å². The molecule has 1 saturated heterocycles. The summed E-state index contributed by atoms with van der Waals surface area (Å²) in [5.41, 5.74) is 5.85. The number of hydrogen-bond donors (Lipinski definition) is 1. The lowest BCUT2D eigenvalue weighted by Crippen LogP contribution is -2.45. The highest BCUT2D eigenvalue weighted by Crippen LogP contribution is 2.23. The number of nitrogens with two attached hydrogens (primary N) is 1. The fourth-order valence-electron chi connectivity index (χ4n) is 2.48. The van der Waals surface area contributed by atoms with Gasteiger partial charge in [0.1, 0.15) is 0 Å². The van der Waals surface area contributed by atoms with E-state index in [9.17, 15) is 0 Å². The summed E-state index contributed by atoms with van der Waals surface area (Å²) in [7, 11) is 0. The van der Waals surface area contributed by atoms with Gasteiger partial charge >= 0.3 is 0 Å². The van der Waals surface area contributed by atoms with Crippen molar-refractivity contribution in [2.45, 2.75) is 45.2 Å². The molecule has 1 aliphatic heterocycles. The van der Waals surface area contributed by atoms with E-state index in [-0.39, 0.29) is 0 Å². The molecular weight excluding hydrogens is 200 g/mol. The molecule has 0 saturated carbocycles. The Kier molecular flexibility index (Phi) is 3.83. The second-order valence-electron chi connectivity index (χ2n) is 4.50. The summed E-state index contributed by atoms with van der Waals surface area (Å²) in [6.45, 7) is 5.07. The maximum Gasteiger partial charge on any atom is 0.205 e. The highest BCUT2D eigenvalue weighted by Gasteiger charge is 2.24. The van der Waals surface area contributed by atoms with Gasteiger partial charge in [0, 0.05) is 38.1 Å². The van der Waals surface area contributed by atoms with Crippen LogP contribution in [0.15, 0.2) is 12.4 Å². The molecule has 1 fully saturated rings. The molecule has 1 aliphatic rings. The van der Waals surface area contributed by atoms with Crippen LogP contribution in [0.4, 0.5) is 5.95 Å². The van der Waals surface area contributed by atoms with Crippen LogP contribution < -0.4 is 10.6 Å². The first kappa shape index (κ1) is 11.5. The van der Waals surface area contributed by atoms with E-state index in [2.05, 4.69) is 27.6 Å². The molecular formula is C12H22N4. The van der Waals surface area contributed by atoms with Crippen molar-refractivity contribution in [2.24, 2.45) is 5.73 Å². The predicted molar refractivity (Wildman–Crippen MR) is 66.6 cm³/mol. The number of piperidine rings is 1. The first-order valence-corrected chi connectivity index (χ1v) is 6.34.